The smallest absolute Gasteiger partial charge is 0.207 e. The second-order valence-corrected chi connectivity index (χ2v) is 9.90. The number of rotatable bonds is 6. The molecule has 3 nitrogen and oxygen atoms in total. The van der Waals surface area contributed by atoms with E-state index in [0.717, 1.165) is 29.5 Å². The predicted molar refractivity (Wildman–Crippen MR) is 120 cm³/mol. The van der Waals surface area contributed by atoms with Gasteiger partial charge in [-0.05, 0) is 48.6 Å². The molecule has 3 rings (SSSR count). The number of nitrogens with zero attached hydrogens (tertiary/aromatic N) is 1. The molecule has 5 heteroatoms. The molecule has 29 heavy (non-hydrogen) atoms. The Morgan fingerprint density at radius 3 is 2.31 bits per heavy atom. The number of hydrogen-bond donors (Lipinski definition) is 0. The molecule has 0 bridgehead atoms. The molecule has 1 heterocycles. The molecule has 0 aliphatic carbocycles. The lowest BCUT2D eigenvalue weighted by molar-refractivity contribution is 0.453. The topological polar surface area (TPSA) is 37.4 Å². The third kappa shape index (κ3) is 4.84. The first kappa shape index (κ1) is 21.9. The SMILES string of the molecule is CCC(=C=C1CN(S(=O)(=O)c2ccc(C)cc2)C[C@H]1[C@@H](Cl)c1ccccc1)CC. The zero-order chi connectivity index (χ0) is 21.0. The molecule has 0 spiro atoms. The monoisotopic (exact) mass is 429 g/mol. The van der Waals surface area contributed by atoms with Crippen molar-refractivity contribution >= 4 is 21.6 Å². The number of alkyl halides is 1. The van der Waals surface area contributed by atoms with Gasteiger partial charge in [0.15, 0.2) is 0 Å². The van der Waals surface area contributed by atoms with Gasteiger partial charge < -0.3 is 0 Å². The molecule has 1 aliphatic heterocycles. The Labute approximate surface area is 179 Å². The molecule has 0 amide bonds. The largest absolute Gasteiger partial charge is 0.243 e. The summed E-state index contributed by atoms with van der Waals surface area (Å²) in [6, 6.07) is 16.9. The molecule has 2 aromatic carbocycles. The van der Waals surface area contributed by atoms with Crippen LogP contribution in [0.5, 0.6) is 0 Å². The maximum atomic E-state index is 13.3. The third-order valence-electron chi connectivity index (χ3n) is 5.52. The third-order valence-corrected chi connectivity index (χ3v) is 7.90. The van der Waals surface area contributed by atoms with Gasteiger partial charge in [-0.25, -0.2) is 8.42 Å². The van der Waals surface area contributed by atoms with E-state index in [0.29, 0.717) is 18.0 Å². The summed E-state index contributed by atoms with van der Waals surface area (Å²) in [7, 11) is -3.58. The van der Waals surface area contributed by atoms with Crippen LogP contribution in [0.25, 0.3) is 0 Å². The molecule has 2 atom stereocenters. The molecule has 0 saturated carbocycles. The lowest BCUT2D eigenvalue weighted by Gasteiger charge is -2.19. The van der Waals surface area contributed by atoms with Gasteiger partial charge in [0.25, 0.3) is 0 Å². The van der Waals surface area contributed by atoms with E-state index in [2.05, 4.69) is 19.6 Å². The lowest BCUT2D eigenvalue weighted by Crippen LogP contribution is -2.29. The first-order chi connectivity index (χ1) is 13.9. The lowest BCUT2D eigenvalue weighted by atomic mass is 9.93. The summed E-state index contributed by atoms with van der Waals surface area (Å²) >= 11 is 6.87. The van der Waals surface area contributed by atoms with E-state index in [9.17, 15) is 8.42 Å². The molecule has 1 fully saturated rings. The maximum Gasteiger partial charge on any atom is 0.243 e. The Morgan fingerprint density at radius 2 is 1.72 bits per heavy atom. The fraction of sp³-hybridized carbons (Fsp3) is 0.375. The van der Waals surface area contributed by atoms with Crippen LogP contribution in [-0.2, 0) is 10.0 Å². The zero-order valence-corrected chi connectivity index (χ0v) is 18.8. The normalized spacial score (nSPS) is 18.5. The first-order valence-electron chi connectivity index (χ1n) is 10.1. The van der Waals surface area contributed by atoms with Gasteiger partial charge in [-0.2, -0.15) is 4.31 Å². The van der Waals surface area contributed by atoms with Crippen LogP contribution in [0.1, 0.15) is 43.2 Å². The van der Waals surface area contributed by atoms with E-state index in [1.165, 1.54) is 5.57 Å². The maximum absolute atomic E-state index is 13.3. The molecular weight excluding hydrogens is 402 g/mol. The highest BCUT2D eigenvalue weighted by atomic mass is 35.5. The van der Waals surface area contributed by atoms with Gasteiger partial charge in [0.2, 0.25) is 10.0 Å². The second kappa shape index (κ2) is 9.32. The minimum absolute atomic E-state index is 0.104. The van der Waals surface area contributed by atoms with Crippen LogP contribution in [0.15, 0.2) is 76.4 Å². The van der Waals surface area contributed by atoms with Gasteiger partial charge in [-0.15, -0.1) is 17.3 Å². The highest BCUT2D eigenvalue weighted by Crippen LogP contribution is 2.40. The number of benzene rings is 2. The van der Waals surface area contributed by atoms with E-state index in [1.54, 1.807) is 16.4 Å². The van der Waals surface area contributed by atoms with Crippen molar-refractivity contribution in [3.8, 4) is 0 Å². The Morgan fingerprint density at radius 1 is 1.10 bits per heavy atom. The van der Waals surface area contributed by atoms with Crippen molar-refractivity contribution in [2.75, 3.05) is 13.1 Å². The highest BCUT2D eigenvalue weighted by molar-refractivity contribution is 7.89. The van der Waals surface area contributed by atoms with Crippen molar-refractivity contribution in [1.29, 1.82) is 0 Å². The Kier molecular flexibility index (Phi) is 7.02. The molecule has 0 unspecified atom stereocenters. The number of sulfonamides is 1. The van der Waals surface area contributed by atoms with Crippen LogP contribution in [0.2, 0.25) is 0 Å². The molecule has 1 aliphatic rings. The van der Waals surface area contributed by atoms with E-state index in [4.69, 9.17) is 11.6 Å². The first-order valence-corrected chi connectivity index (χ1v) is 12.0. The summed E-state index contributed by atoms with van der Waals surface area (Å²) in [5.74, 6) is -0.104. The summed E-state index contributed by atoms with van der Waals surface area (Å²) in [6.45, 7) is 6.85. The molecular formula is C24H28ClNO2S. The highest BCUT2D eigenvalue weighted by Gasteiger charge is 2.39. The summed E-state index contributed by atoms with van der Waals surface area (Å²) in [6.07, 6.45) is 1.80. The minimum Gasteiger partial charge on any atom is -0.207 e. The zero-order valence-electron chi connectivity index (χ0n) is 17.2. The van der Waals surface area contributed by atoms with Crippen LogP contribution >= 0.6 is 11.6 Å². The van der Waals surface area contributed by atoms with E-state index < -0.39 is 10.0 Å². The molecule has 0 aromatic heterocycles. The molecule has 154 valence electrons. The van der Waals surface area contributed by atoms with Gasteiger partial charge in [0.1, 0.15) is 0 Å². The number of halogens is 1. The van der Waals surface area contributed by atoms with Crippen LogP contribution in [0, 0.1) is 12.8 Å². The standard InChI is InChI=1S/C24H28ClNO2S/c1-4-19(5-2)15-21-16-26(29(27,28)22-13-11-18(3)12-14-22)17-23(21)24(25)20-9-7-6-8-10-20/h6-14,23-24H,4-5,16-17H2,1-3H3/t23-,24+/m1/s1. The van der Waals surface area contributed by atoms with Gasteiger partial charge in [-0.1, -0.05) is 61.9 Å². The van der Waals surface area contributed by atoms with E-state index >= 15 is 0 Å². The van der Waals surface area contributed by atoms with Crippen LogP contribution in [0.3, 0.4) is 0 Å². The molecule has 0 N–H and O–H groups in total. The second-order valence-electron chi connectivity index (χ2n) is 7.49. The number of aryl methyl sites for hydroxylation is 1. The van der Waals surface area contributed by atoms with E-state index in [1.807, 2.05) is 49.4 Å². The van der Waals surface area contributed by atoms with Crippen molar-refractivity contribution in [3.63, 3.8) is 0 Å². The quantitative estimate of drug-likeness (QED) is 0.425. The van der Waals surface area contributed by atoms with Gasteiger partial charge >= 0.3 is 0 Å². The van der Waals surface area contributed by atoms with Gasteiger partial charge in [0.05, 0.1) is 10.3 Å². The minimum atomic E-state index is -3.58. The summed E-state index contributed by atoms with van der Waals surface area (Å²) in [4.78, 5) is 0.323. The Balaban J connectivity index is 2.01. The molecule has 1 saturated heterocycles. The summed E-state index contributed by atoms with van der Waals surface area (Å²) in [5, 5.41) is -0.299. The fourth-order valence-corrected chi connectivity index (χ4v) is 5.49. The van der Waals surface area contributed by atoms with Crippen molar-refractivity contribution in [2.45, 2.75) is 43.9 Å². The molecule has 2 aromatic rings. The van der Waals surface area contributed by atoms with E-state index in [-0.39, 0.29) is 11.3 Å². The summed E-state index contributed by atoms with van der Waals surface area (Å²) < 4.78 is 28.1. The van der Waals surface area contributed by atoms with Crippen molar-refractivity contribution in [2.24, 2.45) is 5.92 Å². The van der Waals surface area contributed by atoms with Crippen molar-refractivity contribution in [1.82, 2.24) is 4.31 Å². The Hall–Kier alpha value is -1.84. The van der Waals surface area contributed by atoms with Gasteiger partial charge in [0, 0.05) is 19.0 Å². The van der Waals surface area contributed by atoms with Crippen LogP contribution in [0.4, 0.5) is 0 Å². The Bertz CT molecular complexity index is 1000. The van der Waals surface area contributed by atoms with Gasteiger partial charge in [-0.3, -0.25) is 0 Å². The average Bonchev–Trinajstić information content (AvgIpc) is 3.17. The summed E-state index contributed by atoms with van der Waals surface area (Å²) in [5.41, 5.74) is 7.72. The average molecular weight is 430 g/mol. The fourth-order valence-electron chi connectivity index (χ4n) is 3.67. The molecule has 0 radical (unpaired) electrons. The van der Waals surface area contributed by atoms with Crippen LogP contribution < -0.4 is 0 Å². The number of hydrogen-bond acceptors (Lipinski definition) is 2. The predicted octanol–water partition coefficient (Wildman–Crippen LogP) is 5.87. The van der Waals surface area contributed by atoms with Crippen molar-refractivity contribution < 1.29 is 8.42 Å². The van der Waals surface area contributed by atoms with Crippen molar-refractivity contribution in [3.05, 3.63) is 82.6 Å². The van der Waals surface area contributed by atoms with Crippen LogP contribution in [-0.4, -0.2) is 25.8 Å².